The van der Waals surface area contributed by atoms with E-state index in [0.717, 1.165) is 0 Å². The van der Waals surface area contributed by atoms with E-state index >= 15 is 0 Å². The van der Waals surface area contributed by atoms with E-state index in [1.807, 2.05) is 0 Å². The van der Waals surface area contributed by atoms with Crippen molar-refractivity contribution in [2.24, 2.45) is 0 Å². The van der Waals surface area contributed by atoms with Gasteiger partial charge in [0.05, 0.1) is 19.6 Å². The number of methoxy groups -OCH3 is 2. The third kappa shape index (κ3) is 2.01. The van der Waals surface area contributed by atoms with Gasteiger partial charge in [-0.15, -0.1) is 0 Å². The number of nitrogens with two attached hydrogens (primary N) is 1. The summed E-state index contributed by atoms with van der Waals surface area (Å²) in [5.74, 6) is 0.598. The number of ether oxygens (including phenoxy) is 2. The van der Waals surface area contributed by atoms with Gasteiger partial charge in [-0.2, -0.15) is 0 Å². The van der Waals surface area contributed by atoms with Crippen molar-refractivity contribution >= 4 is 22.4 Å². The van der Waals surface area contributed by atoms with E-state index in [9.17, 15) is 4.79 Å². The Morgan fingerprint density at radius 3 is 2.68 bits per heavy atom. The van der Waals surface area contributed by atoms with Crippen molar-refractivity contribution in [2.75, 3.05) is 27.0 Å². The summed E-state index contributed by atoms with van der Waals surface area (Å²) < 4.78 is 10.6. The van der Waals surface area contributed by atoms with E-state index < -0.39 is 0 Å². The molecule has 6 heteroatoms. The molecule has 0 aliphatic rings. The molecule has 1 amide bonds. The largest absolute Gasteiger partial charge is 0.493 e. The van der Waals surface area contributed by atoms with Crippen LogP contribution < -0.4 is 20.5 Å². The van der Waals surface area contributed by atoms with Crippen LogP contribution >= 0.6 is 0 Å². The lowest BCUT2D eigenvalue weighted by atomic mass is 10.1. The number of carbonyl (C=O) groups excluding carboxylic acids is 1. The van der Waals surface area contributed by atoms with Crippen molar-refractivity contribution in [3.05, 3.63) is 24.0 Å². The number of nitrogens with zero attached hydrogens (tertiary/aromatic N) is 1. The molecule has 1 aromatic carbocycles. The van der Waals surface area contributed by atoms with Gasteiger partial charge in [0.25, 0.3) is 5.91 Å². The van der Waals surface area contributed by atoms with Gasteiger partial charge in [-0.3, -0.25) is 9.78 Å². The third-order valence-electron chi connectivity index (χ3n) is 2.87. The highest BCUT2D eigenvalue weighted by molar-refractivity contribution is 6.11. The molecule has 0 spiro atoms. The van der Waals surface area contributed by atoms with Gasteiger partial charge in [0.15, 0.2) is 11.5 Å². The highest BCUT2D eigenvalue weighted by atomic mass is 16.5. The Bertz CT molecular complexity index is 641. The van der Waals surface area contributed by atoms with Crippen molar-refractivity contribution in [3.8, 4) is 11.5 Å². The van der Waals surface area contributed by atoms with Crippen LogP contribution in [-0.4, -0.2) is 32.2 Å². The summed E-state index contributed by atoms with van der Waals surface area (Å²) in [6.45, 7) is 0. The zero-order chi connectivity index (χ0) is 14.0. The predicted molar refractivity (Wildman–Crippen MR) is 72.6 cm³/mol. The van der Waals surface area contributed by atoms with Crippen LogP contribution in [0.5, 0.6) is 11.5 Å². The summed E-state index contributed by atoms with van der Waals surface area (Å²) >= 11 is 0. The second kappa shape index (κ2) is 5.01. The lowest BCUT2D eigenvalue weighted by molar-refractivity contribution is 0.0960. The fourth-order valence-electron chi connectivity index (χ4n) is 1.98. The van der Waals surface area contributed by atoms with E-state index in [1.165, 1.54) is 20.4 Å². The van der Waals surface area contributed by atoms with Crippen molar-refractivity contribution in [1.29, 1.82) is 0 Å². The number of aromatic nitrogens is 1. The van der Waals surface area contributed by atoms with Crippen LogP contribution in [0.3, 0.4) is 0 Å². The normalized spacial score (nSPS) is 10.3. The van der Waals surface area contributed by atoms with E-state index in [1.54, 1.807) is 19.2 Å². The molecular formula is C13H15N3O3. The lowest BCUT2D eigenvalue weighted by Gasteiger charge is -2.14. The van der Waals surface area contributed by atoms with Crippen LogP contribution in [-0.2, 0) is 0 Å². The van der Waals surface area contributed by atoms with E-state index in [0.29, 0.717) is 28.0 Å². The Kier molecular flexibility index (Phi) is 3.41. The minimum absolute atomic E-state index is 0.252. The molecule has 2 rings (SSSR count). The average molecular weight is 261 g/mol. The summed E-state index contributed by atoms with van der Waals surface area (Å²) in [5, 5.41) is 3.79. The molecule has 0 atom stereocenters. The quantitative estimate of drug-likeness (QED) is 0.810. The third-order valence-corrected chi connectivity index (χ3v) is 2.87. The molecule has 0 bridgehead atoms. The second-order valence-electron chi connectivity index (χ2n) is 3.86. The predicted octanol–water partition coefficient (Wildman–Crippen LogP) is 1.19. The van der Waals surface area contributed by atoms with Gasteiger partial charge in [0.1, 0.15) is 5.69 Å². The standard InChI is InChI=1S/C13H15N3O3/c1-15-13(17)11-10-7(4-5-16-11)8(14)6-9(18-2)12(10)19-3/h4-6H,14H2,1-3H3,(H,15,17). The van der Waals surface area contributed by atoms with Gasteiger partial charge in [-0.1, -0.05) is 0 Å². The number of carbonyl (C=O) groups is 1. The number of anilines is 1. The first-order chi connectivity index (χ1) is 9.13. The van der Waals surface area contributed by atoms with Crippen LogP contribution in [0.1, 0.15) is 10.5 Å². The molecule has 0 aliphatic carbocycles. The minimum atomic E-state index is -0.309. The van der Waals surface area contributed by atoms with Gasteiger partial charge in [0, 0.05) is 30.4 Å². The van der Waals surface area contributed by atoms with Gasteiger partial charge < -0.3 is 20.5 Å². The van der Waals surface area contributed by atoms with Crippen molar-refractivity contribution < 1.29 is 14.3 Å². The molecule has 1 aromatic heterocycles. The maximum Gasteiger partial charge on any atom is 0.270 e. The summed E-state index contributed by atoms with van der Waals surface area (Å²) in [4.78, 5) is 16.0. The summed E-state index contributed by atoms with van der Waals surface area (Å²) in [7, 11) is 4.56. The summed E-state index contributed by atoms with van der Waals surface area (Å²) in [6.07, 6.45) is 1.54. The SMILES string of the molecule is CNC(=O)c1nccc2c(N)cc(OC)c(OC)c12. The number of fused-ring (bicyclic) bond motifs is 1. The number of hydrogen-bond acceptors (Lipinski definition) is 5. The molecule has 100 valence electrons. The molecule has 0 saturated carbocycles. The molecule has 0 fully saturated rings. The van der Waals surface area contributed by atoms with E-state index in [2.05, 4.69) is 10.3 Å². The molecule has 6 nitrogen and oxygen atoms in total. The van der Waals surface area contributed by atoms with Crippen LogP contribution in [0.4, 0.5) is 5.69 Å². The molecule has 19 heavy (non-hydrogen) atoms. The lowest BCUT2D eigenvalue weighted by Crippen LogP contribution is -2.19. The molecule has 2 aromatic rings. The van der Waals surface area contributed by atoms with Crippen LogP contribution in [0.2, 0.25) is 0 Å². The molecular weight excluding hydrogens is 246 g/mol. The molecule has 3 N–H and O–H groups in total. The first-order valence-electron chi connectivity index (χ1n) is 5.65. The van der Waals surface area contributed by atoms with E-state index in [-0.39, 0.29) is 11.6 Å². The highest BCUT2D eigenvalue weighted by Crippen LogP contribution is 2.40. The van der Waals surface area contributed by atoms with Crippen LogP contribution in [0.15, 0.2) is 18.3 Å². The maximum atomic E-state index is 11.9. The summed E-state index contributed by atoms with van der Waals surface area (Å²) in [5.41, 5.74) is 6.72. The Labute approximate surface area is 110 Å². The monoisotopic (exact) mass is 261 g/mol. The smallest absolute Gasteiger partial charge is 0.270 e. The van der Waals surface area contributed by atoms with Crippen molar-refractivity contribution in [2.45, 2.75) is 0 Å². The summed E-state index contributed by atoms with van der Waals surface area (Å²) in [6, 6.07) is 3.40. The second-order valence-corrected chi connectivity index (χ2v) is 3.86. The number of nitrogen functional groups attached to an aromatic ring is 1. The Balaban J connectivity index is 2.92. The van der Waals surface area contributed by atoms with Crippen molar-refractivity contribution in [1.82, 2.24) is 10.3 Å². The van der Waals surface area contributed by atoms with E-state index in [4.69, 9.17) is 15.2 Å². The minimum Gasteiger partial charge on any atom is -0.493 e. The van der Waals surface area contributed by atoms with Gasteiger partial charge in [0.2, 0.25) is 0 Å². The van der Waals surface area contributed by atoms with Gasteiger partial charge in [-0.05, 0) is 6.07 Å². The van der Waals surface area contributed by atoms with Gasteiger partial charge in [-0.25, -0.2) is 0 Å². The Morgan fingerprint density at radius 2 is 2.11 bits per heavy atom. The highest BCUT2D eigenvalue weighted by Gasteiger charge is 2.19. The zero-order valence-electron chi connectivity index (χ0n) is 11.0. The van der Waals surface area contributed by atoms with Crippen molar-refractivity contribution in [3.63, 3.8) is 0 Å². The number of nitrogens with one attached hydrogen (secondary N) is 1. The maximum absolute atomic E-state index is 11.9. The Hall–Kier alpha value is -2.50. The number of hydrogen-bond donors (Lipinski definition) is 2. The topological polar surface area (TPSA) is 86.5 Å². The fourth-order valence-corrected chi connectivity index (χ4v) is 1.98. The fraction of sp³-hybridized carbons (Fsp3) is 0.231. The molecule has 0 unspecified atom stereocenters. The first-order valence-corrected chi connectivity index (χ1v) is 5.65. The number of rotatable bonds is 3. The first kappa shape index (κ1) is 12.9. The molecule has 0 radical (unpaired) electrons. The zero-order valence-corrected chi connectivity index (χ0v) is 11.0. The number of benzene rings is 1. The molecule has 0 aliphatic heterocycles. The average Bonchev–Trinajstić information content (AvgIpc) is 2.45. The number of pyridine rings is 1. The Morgan fingerprint density at radius 1 is 1.37 bits per heavy atom. The van der Waals surface area contributed by atoms with Crippen LogP contribution in [0, 0.1) is 0 Å². The van der Waals surface area contributed by atoms with Crippen LogP contribution in [0.25, 0.3) is 10.8 Å². The molecule has 1 heterocycles. The number of amides is 1. The van der Waals surface area contributed by atoms with Gasteiger partial charge >= 0.3 is 0 Å². The molecule has 0 saturated heterocycles.